The van der Waals surface area contributed by atoms with Gasteiger partial charge in [-0.1, -0.05) is 0 Å². The molecule has 0 atom stereocenters. The summed E-state index contributed by atoms with van der Waals surface area (Å²) in [7, 11) is 1.60. The van der Waals surface area contributed by atoms with Crippen molar-refractivity contribution in [1.29, 1.82) is 0 Å². The van der Waals surface area contributed by atoms with Crippen LogP contribution in [-0.2, 0) is 14.3 Å². The fourth-order valence-electron chi connectivity index (χ4n) is 2.17. The number of carboxylic acid groups (broad SMARTS) is 1. The van der Waals surface area contributed by atoms with E-state index in [1.165, 1.54) is 0 Å². The zero-order chi connectivity index (χ0) is 15.3. The Morgan fingerprint density at radius 1 is 1.40 bits per heavy atom. The van der Waals surface area contributed by atoms with Gasteiger partial charge in [-0.05, 0) is 20.8 Å². The van der Waals surface area contributed by atoms with Gasteiger partial charge >= 0.3 is 12.0 Å². The van der Waals surface area contributed by atoms with Crippen LogP contribution in [0.5, 0.6) is 0 Å². The van der Waals surface area contributed by atoms with Crippen LogP contribution in [0.2, 0.25) is 0 Å². The van der Waals surface area contributed by atoms with Crippen molar-refractivity contribution in [1.82, 2.24) is 9.80 Å². The van der Waals surface area contributed by atoms with Gasteiger partial charge in [-0.25, -0.2) is 9.59 Å². The largest absolute Gasteiger partial charge is 0.480 e. The minimum Gasteiger partial charge on any atom is -0.480 e. The SMILES string of the molecule is COCCN(C(=O)N1CC(C)(OCC(=O)O)C1)C(C)C. The molecule has 1 fully saturated rings. The molecule has 0 aromatic heterocycles. The number of likely N-dealkylation sites (tertiary alicyclic amines) is 1. The summed E-state index contributed by atoms with van der Waals surface area (Å²) in [4.78, 5) is 26.2. The van der Waals surface area contributed by atoms with E-state index >= 15 is 0 Å². The smallest absolute Gasteiger partial charge is 0.329 e. The van der Waals surface area contributed by atoms with Crippen LogP contribution in [0, 0.1) is 0 Å². The second-order valence-corrected chi connectivity index (χ2v) is 5.55. The first-order chi connectivity index (χ1) is 9.29. The number of hydrogen-bond donors (Lipinski definition) is 1. The Balaban J connectivity index is 2.47. The predicted octanol–water partition coefficient (Wildman–Crippen LogP) is 0.639. The lowest BCUT2D eigenvalue weighted by molar-refractivity contribution is -0.160. The molecule has 0 unspecified atom stereocenters. The van der Waals surface area contributed by atoms with Gasteiger partial charge in [0.25, 0.3) is 0 Å². The Labute approximate surface area is 119 Å². The van der Waals surface area contributed by atoms with E-state index in [9.17, 15) is 9.59 Å². The van der Waals surface area contributed by atoms with E-state index in [1.54, 1.807) is 16.9 Å². The average Bonchev–Trinajstić information content (AvgIpc) is 2.32. The van der Waals surface area contributed by atoms with Crippen molar-refractivity contribution in [3.05, 3.63) is 0 Å². The van der Waals surface area contributed by atoms with Crippen molar-refractivity contribution in [3.8, 4) is 0 Å². The average molecular weight is 288 g/mol. The van der Waals surface area contributed by atoms with E-state index < -0.39 is 11.6 Å². The molecule has 2 amide bonds. The molecule has 1 saturated heterocycles. The summed E-state index contributed by atoms with van der Waals surface area (Å²) < 4.78 is 10.3. The van der Waals surface area contributed by atoms with Crippen molar-refractivity contribution in [2.75, 3.05) is 40.0 Å². The summed E-state index contributed by atoms with van der Waals surface area (Å²) in [5, 5.41) is 8.60. The molecule has 0 aromatic carbocycles. The third kappa shape index (κ3) is 4.35. The lowest BCUT2D eigenvalue weighted by atomic mass is 9.97. The van der Waals surface area contributed by atoms with Gasteiger partial charge in [0.15, 0.2) is 0 Å². The Morgan fingerprint density at radius 3 is 2.45 bits per heavy atom. The third-order valence-corrected chi connectivity index (χ3v) is 3.27. The zero-order valence-corrected chi connectivity index (χ0v) is 12.6. The number of urea groups is 1. The van der Waals surface area contributed by atoms with E-state index in [0.29, 0.717) is 26.2 Å². The maximum atomic E-state index is 12.3. The van der Waals surface area contributed by atoms with Crippen LogP contribution in [-0.4, -0.2) is 78.5 Å². The maximum Gasteiger partial charge on any atom is 0.329 e. The number of methoxy groups -OCH3 is 1. The third-order valence-electron chi connectivity index (χ3n) is 3.27. The summed E-state index contributed by atoms with van der Waals surface area (Å²) in [6, 6.07) is 0.0258. The highest BCUT2D eigenvalue weighted by Crippen LogP contribution is 2.26. The second-order valence-electron chi connectivity index (χ2n) is 5.55. The van der Waals surface area contributed by atoms with Gasteiger partial charge in [-0.3, -0.25) is 0 Å². The quantitative estimate of drug-likeness (QED) is 0.743. The van der Waals surface area contributed by atoms with Gasteiger partial charge in [0.1, 0.15) is 12.2 Å². The number of hydrogen-bond acceptors (Lipinski definition) is 4. The first-order valence-corrected chi connectivity index (χ1v) is 6.69. The molecule has 7 heteroatoms. The number of ether oxygens (including phenoxy) is 2. The van der Waals surface area contributed by atoms with Crippen LogP contribution < -0.4 is 0 Å². The summed E-state index contributed by atoms with van der Waals surface area (Å²) in [6.45, 7) is 7.23. The van der Waals surface area contributed by atoms with E-state index in [1.807, 2.05) is 20.8 Å². The van der Waals surface area contributed by atoms with Gasteiger partial charge in [-0.2, -0.15) is 0 Å². The molecular formula is C13H24N2O5. The Bertz CT molecular complexity index is 353. The molecule has 20 heavy (non-hydrogen) atoms. The van der Waals surface area contributed by atoms with Crippen molar-refractivity contribution in [2.24, 2.45) is 0 Å². The van der Waals surface area contributed by atoms with E-state index in [0.717, 1.165) is 0 Å². The summed E-state index contributed by atoms with van der Waals surface area (Å²) >= 11 is 0. The van der Waals surface area contributed by atoms with Crippen LogP contribution in [0.15, 0.2) is 0 Å². The molecule has 1 aliphatic heterocycles. The highest BCUT2D eigenvalue weighted by atomic mass is 16.5. The van der Waals surface area contributed by atoms with Gasteiger partial charge in [-0.15, -0.1) is 0 Å². The molecule has 0 radical (unpaired) electrons. The van der Waals surface area contributed by atoms with Gasteiger partial charge < -0.3 is 24.4 Å². The number of carbonyl (C=O) groups is 2. The van der Waals surface area contributed by atoms with Gasteiger partial charge in [0, 0.05) is 19.7 Å². The fraction of sp³-hybridized carbons (Fsp3) is 0.846. The second kappa shape index (κ2) is 6.90. The maximum absolute atomic E-state index is 12.3. The molecule has 1 heterocycles. The molecule has 116 valence electrons. The van der Waals surface area contributed by atoms with Crippen LogP contribution in [0.25, 0.3) is 0 Å². The Kier molecular flexibility index (Phi) is 5.76. The molecule has 7 nitrogen and oxygen atoms in total. The number of rotatable bonds is 7. The highest BCUT2D eigenvalue weighted by molar-refractivity contribution is 5.76. The first kappa shape index (κ1) is 16.7. The van der Waals surface area contributed by atoms with Crippen LogP contribution >= 0.6 is 0 Å². The number of amides is 2. The molecule has 1 rings (SSSR count). The van der Waals surface area contributed by atoms with Crippen molar-refractivity contribution < 1.29 is 24.2 Å². The van der Waals surface area contributed by atoms with Crippen LogP contribution in [0.4, 0.5) is 4.79 Å². The number of carboxylic acids is 1. The Hall–Kier alpha value is -1.34. The summed E-state index contributed by atoms with van der Waals surface area (Å²) in [5.74, 6) is -1.00. The molecule has 0 spiro atoms. The summed E-state index contributed by atoms with van der Waals surface area (Å²) in [5.41, 5.74) is -0.558. The molecule has 0 saturated carbocycles. The molecule has 0 bridgehead atoms. The molecule has 1 N–H and O–H groups in total. The fourth-order valence-corrected chi connectivity index (χ4v) is 2.17. The lowest BCUT2D eigenvalue weighted by Gasteiger charge is -2.49. The van der Waals surface area contributed by atoms with E-state index in [4.69, 9.17) is 14.6 Å². The van der Waals surface area contributed by atoms with E-state index in [2.05, 4.69) is 0 Å². The minimum atomic E-state index is -1.00. The van der Waals surface area contributed by atoms with Gasteiger partial charge in [0.2, 0.25) is 0 Å². The first-order valence-electron chi connectivity index (χ1n) is 6.69. The van der Waals surface area contributed by atoms with Crippen molar-refractivity contribution >= 4 is 12.0 Å². The number of carbonyl (C=O) groups excluding carboxylic acids is 1. The van der Waals surface area contributed by atoms with Crippen LogP contribution in [0.1, 0.15) is 20.8 Å². The number of aliphatic carboxylic acids is 1. The molecule has 0 aliphatic carbocycles. The topological polar surface area (TPSA) is 79.3 Å². The van der Waals surface area contributed by atoms with E-state index in [-0.39, 0.29) is 18.7 Å². The molecule has 1 aliphatic rings. The highest BCUT2D eigenvalue weighted by Gasteiger charge is 2.44. The van der Waals surface area contributed by atoms with Gasteiger partial charge in [0.05, 0.1) is 19.7 Å². The summed E-state index contributed by atoms with van der Waals surface area (Å²) in [6.07, 6.45) is 0. The standard InChI is InChI=1S/C13H24N2O5/c1-10(2)15(5-6-19-4)12(18)14-8-13(3,9-14)20-7-11(16)17/h10H,5-9H2,1-4H3,(H,16,17). The molecule has 0 aromatic rings. The van der Waals surface area contributed by atoms with Crippen molar-refractivity contribution in [3.63, 3.8) is 0 Å². The lowest BCUT2D eigenvalue weighted by Crippen LogP contribution is -2.66. The predicted molar refractivity (Wildman–Crippen MR) is 72.7 cm³/mol. The monoisotopic (exact) mass is 288 g/mol. The minimum absolute atomic E-state index is 0.0616. The normalized spacial score (nSPS) is 16.9. The number of nitrogens with zero attached hydrogens (tertiary/aromatic N) is 2. The van der Waals surface area contributed by atoms with Crippen LogP contribution in [0.3, 0.4) is 0 Å². The molecular weight excluding hydrogens is 264 g/mol. The van der Waals surface area contributed by atoms with Crippen molar-refractivity contribution in [2.45, 2.75) is 32.4 Å². The Morgan fingerprint density at radius 2 is 2.00 bits per heavy atom. The zero-order valence-electron chi connectivity index (χ0n) is 12.6.